The third kappa shape index (κ3) is 5.77. The highest BCUT2D eigenvalue weighted by Gasteiger charge is 2.17. The van der Waals surface area contributed by atoms with E-state index < -0.39 is 34.9 Å². The molecule has 0 aliphatic heterocycles. The predicted molar refractivity (Wildman–Crippen MR) is 94.2 cm³/mol. The number of hydrogen-bond acceptors (Lipinski definition) is 6. The second kappa shape index (κ2) is 9.27. The molecular formula is C18H17FN2O6. The molecule has 0 bridgehead atoms. The normalized spacial score (nSPS) is 10.1. The van der Waals surface area contributed by atoms with Crippen LogP contribution in [0.15, 0.2) is 42.5 Å². The molecule has 2 aromatic rings. The molecule has 1 amide bonds. The van der Waals surface area contributed by atoms with Crippen molar-refractivity contribution in [3.05, 3.63) is 64.0 Å². The van der Waals surface area contributed by atoms with Crippen molar-refractivity contribution >= 4 is 23.3 Å². The van der Waals surface area contributed by atoms with E-state index in [1.54, 1.807) is 0 Å². The van der Waals surface area contributed by atoms with Gasteiger partial charge in [0, 0.05) is 17.8 Å². The molecule has 0 spiro atoms. The zero-order chi connectivity index (χ0) is 19.8. The van der Waals surface area contributed by atoms with E-state index in [2.05, 4.69) is 5.32 Å². The van der Waals surface area contributed by atoms with E-state index in [0.717, 1.165) is 18.2 Å². The van der Waals surface area contributed by atoms with E-state index in [-0.39, 0.29) is 5.75 Å². The Kier molecular flexibility index (Phi) is 6.81. The van der Waals surface area contributed by atoms with Crippen LogP contribution in [0.5, 0.6) is 5.75 Å². The van der Waals surface area contributed by atoms with Crippen molar-refractivity contribution in [2.45, 2.75) is 13.3 Å². The van der Waals surface area contributed by atoms with Gasteiger partial charge < -0.3 is 14.8 Å². The van der Waals surface area contributed by atoms with Crippen LogP contribution in [0.4, 0.5) is 15.8 Å². The number of hydrogen-bond donors (Lipinski definition) is 1. The lowest BCUT2D eigenvalue weighted by Gasteiger charge is -2.09. The number of esters is 1. The smallest absolute Gasteiger partial charge is 0.338 e. The van der Waals surface area contributed by atoms with Crippen molar-refractivity contribution in [2.24, 2.45) is 0 Å². The molecule has 9 heteroatoms. The molecule has 27 heavy (non-hydrogen) atoms. The first kappa shape index (κ1) is 19.8. The molecule has 2 aromatic carbocycles. The molecule has 0 saturated heterocycles. The monoisotopic (exact) mass is 376 g/mol. The second-order valence-corrected chi connectivity index (χ2v) is 5.42. The second-order valence-electron chi connectivity index (χ2n) is 5.42. The molecule has 0 radical (unpaired) electrons. The number of anilines is 1. The summed E-state index contributed by atoms with van der Waals surface area (Å²) in [6.07, 6.45) is 0.712. The van der Waals surface area contributed by atoms with Crippen LogP contribution in [0.25, 0.3) is 0 Å². The number of halogens is 1. The van der Waals surface area contributed by atoms with Crippen LogP contribution in [0.2, 0.25) is 0 Å². The zero-order valence-corrected chi connectivity index (χ0v) is 14.4. The fourth-order valence-electron chi connectivity index (χ4n) is 2.06. The van der Waals surface area contributed by atoms with E-state index in [1.807, 2.05) is 6.92 Å². The number of benzene rings is 2. The first-order valence-electron chi connectivity index (χ1n) is 8.04. The summed E-state index contributed by atoms with van der Waals surface area (Å²) in [5.41, 5.74) is 0.289. The maximum Gasteiger partial charge on any atom is 0.338 e. The van der Waals surface area contributed by atoms with Gasteiger partial charge in [-0.3, -0.25) is 14.9 Å². The molecule has 1 N–H and O–H groups in total. The Hall–Kier alpha value is -3.49. The third-order valence-corrected chi connectivity index (χ3v) is 3.32. The van der Waals surface area contributed by atoms with Gasteiger partial charge in [0.05, 0.1) is 17.1 Å². The van der Waals surface area contributed by atoms with Crippen LogP contribution in [0.1, 0.15) is 23.7 Å². The maximum atomic E-state index is 13.2. The lowest BCUT2D eigenvalue weighted by molar-refractivity contribution is -0.385. The number of nitrogens with one attached hydrogen (secondary N) is 1. The largest absolute Gasteiger partial charge is 0.477 e. The molecule has 0 saturated carbocycles. The Morgan fingerprint density at radius 3 is 2.52 bits per heavy atom. The zero-order valence-electron chi connectivity index (χ0n) is 14.4. The molecule has 0 atom stereocenters. The number of nitro benzene ring substituents is 1. The Balaban J connectivity index is 1.94. The number of carbonyl (C=O) groups is 2. The molecule has 8 nitrogen and oxygen atoms in total. The van der Waals surface area contributed by atoms with Crippen LogP contribution in [0, 0.1) is 15.9 Å². The first-order chi connectivity index (χ1) is 12.9. The summed E-state index contributed by atoms with van der Waals surface area (Å²) in [6, 6.07) is 8.72. The summed E-state index contributed by atoms with van der Waals surface area (Å²) < 4.78 is 23.3. The van der Waals surface area contributed by atoms with Gasteiger partial charge in [-0.15, -0.1) is 0 Å². The number of carbonyl (C=O) groups excluding carboxylic acids is 2. The van der Waals surface area contributed by atoms with Gasteiger partial charge in [0.1, 0.15) is 5.82 Å². The van der Waals surface area contributed by atoms with E-state index in [9.17, 15) is 24.1 Å². The van der Waals surface area contributed by atoms with Gasteiger partial charge >= 0.3 is 11.7 Å². The molecule has 142 valence electrons. The fourth-order valence-corrected chi connectivity index (χ4v) is 2.06. The molecular weight excluding hydrogens is 359 g/mol. The lowest BCUT2D eigenvalue weighted by Crippen LogP contribution is -2.20. The number of ether oxygens (including phenoxy) is 2. The number of amides is 1. The number of rotatable bonds is 8. The number of nitro groups is 1. The minimum absolute atomic E-state index is 0.320. The molecule has 0 heterocycles. The van der Waals surface area contributed by atoms with Crippen molar-refractivity contribution in [3.63, 3.8) is 0 Å². The predicted octanol–water partition coefficient (Wildman–Crippen LogP) is 3.32. The van der Waals surface area contributed by atoms with Gasteiger partial charge in [0.25, 0.3) is 5.91 Å². The molecule has 0 fully saturated rings. The quantitative estimate of drug-likeness (QED) is 0.430. The van der Waals surface area contributed by atoms with Crippen LogP contribution in [0.3, 0.4) is 0 Å². The maximum absolute atomic E-state index is 13.2. The molecule has 0 aliphatic rings. The summed E-state index contributed by atoms with van der Waals surface area (Å²) in [5.74, 6) is -2.13. The van der Waals surface area contributed by atoms with Gasteiger partial charge in [0.15, 0.2) is 6.61 Å². The molecule has 2 rings (SSSR count). The molecule has 0 aliphatic carbocycles. The van der Waals surface area contributed by atoms with Gasteiger partial charge in [-0.25, -0.2) is 9.18 Å². The summed E-state index contributed by atoms with van der Waals surface area (Å²) in [4.78, 5) is 33.8. The van der Waals surface area contributed by atoms with Gasteiger partial charge in [0.2, 0.25) is 5.75 Å². The average Bonchev–Trinajstić information content (AvgIpc) is 2.64. The minimum Gasteiger partial charge on any atom is -0.477 e. The fraction of sp³-hybridized carbons (Fsp3) is 0.222. The van der Waals surface area contributed by atoms with Gasteiger partial charge in [-0.2, -0.15) is 0 Å². The third-order valence-electron chi connectivity index (χ3n) is 3.32. The van der Waals surface area contributed by atoms with Crippen molar-refractivity contribution < 1.29 is 28.4 Å². The van der Waals surface area contributed by atoms with Crippen molar-refractivity contribution in [1.29, 1.82) is 0 Å². The molecule has 0 unspecified atom stereocenters. The SMILES string of the molecule is CCCOC(=O)c1ccc(NC(=O)COc2cc(F)ccc2[N+](=O)[O-])cc1. The van der Waals surface area contributed by atoms with E-state index >= 15 is 0 Å². The van der Waals surface area contributed by atoms with Crippen LogP contribution < -0.4 is 10.1 Å². The summed E-state index contributed by atoms with van der Waals surface area (Å²) in [7, 11) is 0. The lowest BCUT2D eigenvalue weighted by atomic mass is 10.2. The van der Waals surface area contributed by atoms with Gasteiger partial charge in [-0.1, -0.05) is 6.92 Å². The Labute approximate surface area is 154 Å². The van der Waals surface area contributed by atoms with Crippen LogP contribution in [-0.2, 0) is 9.53 Å². The average molecular weight is 376 g/mol. The molecule has 0 aromatic heterocycles. The summed E-state index contributed by atoms with van der Waals surface area (Å²) >= 11 is 0. The standard InChI is InChI=1S/C18H17FN2O6/c1-2-9-26-18(23)12-3-6-14(7-4-12)20-17(22)11-27-16-10-13(19)5-8-15(16)21(24)25/h3-8,10H,2,9,11H2,1H3,(H,20,22). The summed E-state index contributed by atoms with van der Waals surface area (Å²) in [6.45, 7) is 1.65. The van der Waals surface area contributed by atoms with Crippen molar-refractivity contribution in [1.82, 2.24) is 0 Å². The number of nitrogens with zero attached hydrogens (tertiary/aromatic N) is 1. The minimum atomic E-state index is -0.733. The van der Waals surface area contributed by atoms with Crippen LogP contribution >= 0.6 is 0 Å². The highest BCUT2D eigenvalue weighted by molar-refractivity contribution is 5.93. The highest BCUT2D eigenvalue weighted by Crippen LogP contribution is 2.27. The van der Waals surface area contributed by atoms with Crippen LogP contribution in [-0.4, -0.2) is 30.0 Å². The Morgan fingerprint density at radius 1 is 1.19 bits per heavy atom. The van der Waals surface area contributed by atoms with E-state index in [1.165, 1.54) is 24.3 Å². The van der Waals surface area contributed by atoms with Crippen molar-refractivity contribution in [3.8, 4) is 5.75 Å². The van der Waals surface area contributed by atoms with E-state index in [0.29, 0.717) is 24.3 Å². The highest BCUT2D eigenvalue weighted by atomic mass is 19.1. The van der Waals surface area contributed by atoms with E-state index in [4.69, 9.17) is 9.47 Å². The first-order valence-corrected chi connectivity index (χ1v) is 8.04. The Bertz CT molecular complexity index is 838. The topological polar surface area (TPSA) is 108 Å². The van der Waals surface area contributed by atoms with Crippen molar-refractivity contribution in [2.75, 3.05) is 18.5 Å². The Morgan fingerprint density at radius 2 is 1.89 bits per heavy atom. The summed E-state index contributed by atoms with van der Waals surface area (Å²) in [5, 5.41) is 13.4. The van der Waals surface area contributed by atoms with Gasteiger partial charge in [-0.05, 0) is 36.8 Å².